The molecule has 2 aromatic rings. The zero-order valence-corrected chi connectivity index (χ0v) is 12.1. The van der Waals surface area contributed by atoms with E-state index in [1.54, 1.807) is 0 Å². The summed E-state index contributed by atoms with van der Waals surface area (Å²) in [5.41, 5.74) is 2.28. The lowest BCUT2D eigenvalue weighted by Gasteiger charge is -2.18. The minimum Gasteiger partial charge on any atom is -0.459 e. The molecule has 1 aliphatic carbocycles. The topological polar surface area (TPSA) is 25.2 Å². The average Bonchev–Trinajstić information content (AvgIpc) is 2.94. The number of hydrogen-bond donors (Lipinski definition) is 1. The Labute approximate surface area is 115 Å². The average molecular weight is 257 g/mol. The van der Waals surface area contributed by atoms with Crippen LogP contribution in [0.4, 0.5) is 0 Å². The summed E-state index contributed by atoms with van der Waals surface area (Å²) in [4.78, 5) is 0. The van der Waals surface area contributed by atoms with Gasteiger partial charge in [0.15, 0.2) is 0 Å². The van der Waals surface area contributed by atoms with Crippen molar-refractivity contribution in [3.05, 3.63) is 35.6 Å². The van der Waals surface area contributed by atoms with E-state index in [2.05, 4.69) is 44.3 Å². The van der Waals surface area contributed by atoms with E-state index in [-0.39, 0.29) is 0 Å². The van der Waals surface area contributed by atoms with E-state index in [9.17, 15) is 0 Å². The van der Waals surface area contributed by atoms with E-state index in [0.29, 0.717) is 12.1 Å². The molecule has 102 valence electrons. The summed E-state index contributed by atoms with van der Waals surface area (Å²) in [6, 6.07) is 9.25. The fraction of sp³-hybridized carbons (Fsp3) is 0.529. The van der Waals surface area contributed by atoms with Crippen LogP contribution in [0.25, 0.3) is 11.0 Å². The number of rotatable bonds is 3. The van der Waals surface area contributed by atoms with Crippen LogP contribution in [-0.4, -0.2) is 6.04 Å². The van der Waals surface area contributed by atoms with Crippen molar-refractivity contribution in [3.63, 3.8) is 0 Å². The maximum Gasteiger partial charge on any atom is 0.134 e. The van der Waals surface area contributed by atoms with Crippen molar-refractivity contribution in [2.24, 2.45) is 5.92 Å². The summed E-state index contributed by atoms with van der Waals surface area (Å²) in [6.45, 7) is 6.73. The van der Waals surface area contributed by atoms with Crippen molar-refractivity contribution in [2.45, 2.75) is 52.1 Å². The molecule has 3 rings (SSSR count). The number of para-hydroxylation sites is 1. The molecule has 1 N–H and O–H groups in total. The monoisotopic (exact) mass is 257 g/mol. The Morgan fingerprint density at radius 1 is 1.26 bits per heavy atom. The molecular weight excluding hydrogens is 234 g/mol. The van der Waals surface area contributed by atoms with Gasteiger partial charge in [0.2, 0.25) is 0 Å². The highest BCUT2D eigenvalue weighted by Crippen LogP contribution is 2.31. The number of fused-ring (bicyclic) bond motifs is 1. The molecule has 1 aromatic heterocycles. The van der Waals surface area contributed by atoms with E-state index < -0.39 is 0 Å². The Bertz CT molecular complexity index is 572. The molecule has 0 bridgehead atoms. The third-order valence-corrected chi connectivity index (χ3v) is 4.45. The molecular formula is C17H23NO. The largest absolute Gasteiger partial charge is 0.459 e. The first-order valence-corrected chi connectivity index (χ1v) is 7.39. The van der Waals surface area contributed by atoms with Gasteiger partial charge in [0, 0.05) is 11.4 Å². The van der Waals surface area contributed by atoms with Crippen LogP contribution in [-0.2, 0) is 0 Å². The number of furan rings is 1. The molecule has 0 spiro atoms. The van der Waals surface area contributed by atoms with Gasteiger partial charge in [-0.25, -0.2) is 0 Å². The van der Waals surface area contributed by atoms with Gasteiger partial charge in [0.25, 0.3) is 0 Å². The number of benzene rings is 1. The molecule has 19 heavy (non-hydrogen) atoms. The molecule has 0 saturated heterocycles. The van der Waals surface area contributed by atoms with E-state index >= 15 is 0 Å². The molecule has 3 atom stereocenters. The van der Waals surface area contributed by atoms with Crippen molar-refractivity contribution < 1.29 is 4.42 Å². The molecule has 1 saturated carbocycles. The predicted octanol–water partition coefficient (Wildman–Crippen LogP) is 4.58. The molecule has 0 amide bonds. The second kappa shape index (κ2) is 5.01. The van der Waals surface area contributed by atoms with Crippen molar-refractivity contribution >= 4 is 11.0 Å². The second-order valence-corrected chi connectivity index (χ2v) is 6.09. The summed E-state index contributed by atoms with van der Waals surface area (Å²) in [5.74, 6) is 1.96. The molecule has 1 aromatic carbocycles. The Hall–Kier alpha value is -1.28. The molecule has 0 aliphatic heterocycles. The van der Waals surface area contributed by atoms with Gasteiger partial charge in [0.1, 0.15) is 11.3 Å². The van der Waals surface area contributed by atoms with E-state index in [1.165, 1.54) is 30.2 Å². The SMILES string of the molecule is Cc1c(C(C)NC2CCC(C)C2)oc2ccccc12. The molecule has 1 fully saturated rings. The molecule has 1 heterocycles. The minimum absolute atomic E-state index is 0.294. The van der Waals surface area contributed by atoms with Gasteiger partial charge in [-0.05, 0) is 50.7 Å². The highest BCUT2D eigenvalue weighted by atomic mass is 16.3. The summed E-state index contributed by atoms with van der Waals surface area (Å²) in [5, 5.41) is 4.98. The molecule has 3 unspecified atom stereocenters. The summed E-state index contributed by atoms with van der Waals surface area (Å²) in [7, 11) is 0. The van der Waals surface area contributed by atoms with Crippen LogP contribution in [0.15, 0.2) is 28.7 Å². The third-order valence-electron chi connectivity index (χ3n) is 4.45. The second-order valence-electron chi connectivity index (χ2n) is 6.09. The van der Waals surface area contributed by atoms with Gasteiger partial charge in [-0.3, -0.25) is 0 Å². The molecule has 1 aliphatic rings. The third kappa shape index (κ3) is 2.42. The summed E-state index contributed by atoms with van der Waals surface area (Å²) < 4.78 is 6.04. The van der Waals surface area contributed by atoms with Crippen molar-refractivity contribution in [1.82, 2.24) is 5.32 Å². The van der Waals surface area contributed by atoms with Crippen molar-refractivity contribution in [1.29, 1.82) is 0 Å². The Kier molecular flexibility index (Phi) is 3.36. The highest BCUT2D eigenvalue weighted by Gasteiger charge is 2.24. The Morgan fingerprint density at radius 3 is 2.74 bits per heavy atom. The first-order valence-electron chi connectivity index (χ1n) is 7.39. The lowest BCUT2D eigenvalue weighted by molar-refractivity contribution is 0.394. The first-order chi connectivity index (χ1) is 9.15. The smallest absolute Gasteiger partial charge is 0.134 e. The van der Waals surface area contributed by atoms with Crippen LogP contribution in [0.3, 0.4) is 0 Å². The fourth-order valence-corrected chi connectivity index (χ4v) is 3.39. The number of nitrogens with one attached hydrogen (secondary N) is 1. The van der Waals surface area contributed by atoms with Crippen LogP contribution < -0.4 is 5.32 Å². The minimum atomic E-state index is 0.294. The van der Waals surface area contributed by atoms with E-state index in [1.807, 2.05) is 6.07 Å². The van der Waals surface area contributed by atoms with E-state index in [0.717, 1.165) is 17.3 Å². The Morgan fingerprint density at radius 2 is 2.05 bits per heavy atom. The number of hydrogen-bond acceptors (Lipinski definition) is 2. The van der Waals surface area contributed by atoms with Gasteiger partial charge >= 0.3 is 0 Å². The maximum atomic E-state index is 6.04. The quantitative estimate of drug-likeness (QED) is 0.870. The fourth-order valence-electron chi connectivity index (χ4n) is 3.39. The normalized spacial score (nSPS) is 25.0. The van der Waals surface area contributed by atoms with Gasteiger partial charge in [-0.1, -0.05) is 25.1 Å². The van der Waals surface area contributed by atoms with Crippen LogP contribution in [0.2, 0.25) is 0 Å². The Balaban J connectivity index is 1.81. The predicted molar refractivity (Wildman–Crippen MR) is 79.3 cm³/mol. The summed E-state index contributed by atoms with van der Waals surface area (Å²) >= 11 is 0. The highest BCUT2D eigenvalue weighted by molar-refractivity contribution is 5.82. The lowest BCUT2D eigenvalue weighted by atomic mass is 10.1. The van der Waals surface area contributed by atoms with Crippen LogP contribution in [0.1, 0.15) is 50.5 Å². The van der Waals surface area contributed by atoms with Gasteiger partial charge in [-0.2, -0.15) is 0 Å². The zero-order valence-electron chi connectivity index (χ0n) is 12.1. The van der Waals surface area contributed by atoms with Gasteiger partial charge in [-0.15, -0.1) is 0 Å². The van der Waals surface area contributed by atoms with Crippen molar-refractivity contribution in [3.8, 4) is 0 Å². The standard InChI is InChI=1S/C17H23NO/c1-11-8-9-14(10-11)18-13(3)17-12(2)15-6-4-5-7-16(15)19-17/h4-7,11,13-14,18H,8-10H2,1-3H3. The van der Waals surface area contributed by atoms with Crippen LogP contribution in [0.5, 0.6) is 0 Å². The van der Waals surface area contributed by atoms with Crippen molar-refractivity contribution in [2.75, 3.05) is 0 Å². The first kappa shape index (κ1) is 12.7. The van der Waals surface area contributed by atoms with Gasteiger partial charge in [0.05, 0.1) is 6.04 Å². The zero-order chi connectivity index (χ0) is 13.4. The number of aryl methyl sites for hydroxylation is 1. The molecule has 2 nitrogen and oxygen atoms in total. The molecule has 0 radical (unpaired) electrons. The lowest BCUT2D eigenvalue weighted by Crippen LogP contribution is -2.29. The summed E-state index contributed by atoms with van der Waals surface area (Å²) in [6.07, 6.45) is 3.94. The van der Waals surface area contributed by atoms with Crippen LogP contribution >= 0.6 is 0 Å². The maximum absolute atomic E-state index is 6.04. The van der Waals surface area contributed by atoms with E-state index in [4.69, 9.17) is 4.42 Å². The molecule has 2 heteroatoms. The van der Waals surface area contributed by atoms with Crippen LogP contribution in [0, 0.1) is 12.8 Å². The van der Waals surface area contributed by atoms with Gasteiger partial charge < -0.3 is 9.73 Å².